The zero-order valence-corrected chi connectivity index (χ0v) is 17.5. The highest BCUT2D eigenvalue weighted by molar-refractivity contribution is 6.31. The van der Waals surface area contributed by atoms with Gasteiger partial charge in [0.15, 0.2) is 5.96 Å². The molecule has 1 saturated heterocycles. The number of aliphatic imine (C=N–C) groups is 1. The molecular formula is C20H33ClN4O2. The van der Waals surface area contributed by atoms with Gasteiger partial charge >= 0.3 is 0 Å². The molecule has 1 heterocycles. The number of piperidine rings is 1. The van der Waals surface area contributed by atoms with Crippen LogP contribution in [0.1, 0.15) is 18.4 Å². The highest BCUT2D eigenvalue weighted by Crippen LogP contribution is 2.22. The molecule has 0 spiro atoms. The molecule has 1 aliphatic rings. The minimum atomic E-state index is 0.693. The molecule has 27 heavy (non-hydrogen) atoms. The Bertz CT molecular complexity index is 589. The molecule has 6 nitrogen and oxygen atoms in total. The number of methoxy groups -OCH3 is 2. The lowest BCUT2D eigenvalue weighted by Crippen LogP contribution is -2.43. The van der Waals surface area contributed by atoms with E-state index in [0.29, 0.717) is 5.92 Å². The maximum absolute atomic E-state index is 6.30. The predicted molar refractivity (Wildman–Crippen MR) is 112 cm³/mol. The highest BCUT2D eigenvalue weighted by atomic mass is 35.5. The number of ether oxygens (including phenoxy) is 2. The van der Waals surface area contributed by atoms with Crippen LogP contribution in [0.2, 0.25) is 5.02 Å². The minimum absolute atomic E-state index is 0.693. The third-order valence-corrected chi connectivity index (χ3v) is 5.40. The number of hydrogen-bond donors (Lipinski definition) is 2. The van der Waals surface area contributed by atoms with Gasteiger partial charge < -0.3 is 25.0 Å². The molecule has 2 rings (SSSR count). The number of hydrogen-bond acceptors (Lipinski definition) is 4. The van der Waals surface area contributed by atoms with Crippen molar-refractivity contribution in [3.63, 3.8) is 0 Å². The first-order valence-electron chi connectivity index (χ1n) is 9.64. The zero-order chi connectivity index (χ0) is 19.5. The number of benzene rings is 1. The van der Waals surface area contributed by atoms with Crippen molar-refractivity contribution in [1.29, 1.82) is 0 Å². The summed E-state index contributed by atoms with van der Waals surface area (Å²) in [7, 11) is 5.22. The Kier molecular flexibility index (Phi) is 9.73. The van der Waals surface area contributed by atoms with E-state index in [2.05, 4.69) is 20.5 Å². The number of guanidine groups is 1. The summed E-state index contributed by atoms with van der Waals surface area (Å²) >= 11 is 6.30. The second-order valence-corrected chi connectivity index (χ2v) is 7.27. The van der Waals surface area contributed by atoms with E-state index in [1.54, 1.807) is 14.2 Å². The molecule has 1 fully saturated rings. The lowest BCUT2D eigenvalue weighted by Gasteiger charge is -2.32. The van der Waals surface area contributed by atoms with E-state index in [1.807, 2.05) is 25.2 Å². The van der Waals surface area contributed by atoms with Gasteiger partial charge in [-0.25, -0.2) is 0 Å². The fourth-order valence-electron chi connectivity index (χ4n) is 3.27. The van der Waals surface area contributed by atoms with E-state index in [-0.39, 0.29) is 0 Å². The smallest absolute Gasteiger partial charge is 0.190 e. The van der Waals surface area contributed by atoms with Crippen LogP contribution in [0, 0.1) is 5.92 Å². The van der Waals surface area contributed by atoms with E-state index in [4.69, 9.17) is 21.1 Å². The highest BCUT2D eigenvalue weighted by Gasteiger charge is 2.18. The molecule has 0 amide bonds. The van der Waals surface area contributed by atoms with Crippen LogP contribution >= 0.6 is 11.6 Å². The van der Waals surface area contributed by atoms with Gasteiger partial charge in [0.1, 0.15) is 5.75 Å². The average molecular weight is 397 g/mol. The first-order valence-corrected chi connectivity index (χ1v) is 10.0. The van der Waals surface area contributed by atoms with Crippen LogP contribution in [0.4, 0.5) is 0 Å². The van der Waals surface area contributed by atoms with Gasteiger partial charge in [0.25, 0.3) is 0 Å². The summed E-state index contributed by atoms with van der Waals surface area (Å²) < 4.78 is 10.3. The van der Waals surface area contributed by atoms with Gasteiger partial charge in [0.05, 0.1) is 13.7 Å². The molecule has 1 aromatic carbocycles. The standard InChI is InChI=1S/C20H33ClN4O2/c1-22-20(23-9-6-17-4-5-18(27-3)14-19(17)21)24-15-16-7-10-25(11-8-16)12-13-26-2/h4-5,14,16H,6-13,15H2,1-3H3,(H2,22,23,24). The SMILES string of the molecule is CN=C(NCCc1ccc(OC)cc1Cl)NCC1CCN(CCOC)CC1. The van der Waals surface area contributed by atoms with Crippen molar-refractivity contribution in [3.05, 3.63) is 28.8 Å². The Labute approximate surface area is 168 Å². The van der Waals surface area contributed by atoms with Crippen molar-refractivity contribution < 1.29 is 9.47 Å². The van der Waals surface area contributed by atoms with Gasteiger partial charge in [-0.15, -0.1) is 0 Å². The molecule has 0 radical (unpaired) electrons. The van der Waals surface area contributed by atoms with Crippen molar-refractivity contribution in [2.45, 2.75) is 19.3 Å². The molecule has 0 atom stereocenters. The van der Waals surface area contributed by atoms with Crippen LogP contribution in [0.5, 0.6) is 5.75 Å². The van der Waals surface area contributed by atoms with Gasteiger partial charge in [-0.3, -0.25) is 4.99 Å². The average Bonchev–Trinajstić information content (AvgIpc) is 2.70. The Morgan fingerprint density at radius 3 is 2.67 bits per heavy atom. The molecule has 1 aromatic rings. The van der Waals surface area contributed by atoms with Gasteiger partial charge in [-0.1, -0.05) is 17.7 Å². The second-order valence-electron chi connectivity index (χ2n) is 6.87. The normalized spacial score (nSPS) is 16.4. The lowest BCUT2D eigenvalue weighted by molar-refractivity contribution is 0.121. The van der Waals surface area contributed by atoms with E-state index in [0.717, 1.165) is 68.0 Å². The zero-order valence-electron chi connectivity index (χ0n) is 16.8. The minimum Gasteiger partial charge on any atom is -0.497 e. The first-order chi connectivity index (χ1) is 13.2. The molecule has 0 aliphatic carbocycles. The molecule has 1 aliphatic heterocycles. The maximum Gasteiger partial charge on any atom is 0.190 e. The molecule has 0 saturated carbocycles. The van der Waals surface area contributed by atoms with Gasteiger partial charge in [0.2, 0.25) is 0 Å². The molecule has 0 bridgehead atoms. The van der Waals surface area contributed by atoms with Crippen molar-refractivity contribution >= 4 is 17.6 Å². The van der Waals surface area contributed by atoms with Crippen LogP contribution in [-0.2, 0) is 11.2 Å². The van der Waals surface area contributed by atoms with Crippen molar-refractivity contribution in [2.24, 2.45) is 10.9 Å². The third kappa shape index (κ3) is 7.56. The monoisotopic (exact) mass is 396 g/mol. The summed E-state index contributed by atoms with van der Waals surface area (Å²) in [5.74, 6) is 2.32. The van der Waals surface area contributed by atoms with Crippen LogP contribution in [0.3, 0.4) is 0 Å². The number of halogens is 1. The molecule has 152 valence electrons. The molecule has 0 unspecified atom stereocenters. The summed E-state index contributed by atoms with van der Waals surface area (Å²) in [4.78, 5) is 6.80. The van der Waals surface area contributed by atoms with E-state index in [1.165, 1.54) is 12.8 Å². The number of rotatable bonds is 9. The lowest BCUT2D eigenvalue weighted by atomic mass is 9.97. The van der Waals surface area contributed by atoms with Crippen LogP contribution in [0.15, 0.2) is 23.2 Å². The molecule has 2 N–H and O–H groups in total. The fourth-order valence-corrected chi connectivity index (χ4v) is 3.53. The second kappa shape index (κ2) is 12.1. The number of nitrogens with one attached hydrogen (secondary N) is 2. The summed E-state index contributed by atoms with van der Waals surface area (Å²) in [6.45, 7) is 5.89. The van der Waals surface area contributed by atoms with Crippen LogP contribution in [-0.4, -0.2) is 71.5 Å². The maximum atomic E-state index is 6.30. The Morgan fingerprint density at radius 1 is 1.26 bits per heavy atom. The molecule has 7 heteroatoms. The van der Waals surface area contributed by atoms with Crippen LogP contribution in [0.25, 0.3) is 0 Å². The van der Waals surface area contributed by atoms with E-state index >= 15 is 0 Å². The van der Waals surface area contributed by atoms with Crippen molar-refractivity contribution in [2.75, 3.05) is 60.6 Å². The van der Waals surface area contributed by atoms with Crippen molar-refractivity contribution in [1.82, 2.24) is 15.5 Å². The summed E-state index contributed by atoms with van der Waals surface area (Å²) in [5.41, 5.74) is 1.10. The molecular weight excluding hydrogens is 364 g/mol. The number of likely N-dealkylation sites (tertiary alicyclic amines) is 1. The van der Waals surface area contributed by atoms with Crippen LogP contribution < -0.4 is 15.4 Å². The topological polar surface area (TPSA) is 58.1 Å². The predicted octanol–water partition coefficient (Wildman–Crippen LogP) is 2.41. The largest absolute Gasteiger partial charge is 0.497 e. The Hall–Kier alpha value is -1.50. The van der Waals surface area contributed by atoms with E-state index < -0.39 is 0 Å². The fraction of sp³-hybridized carbons (Fsp3) is 0.650. The quantitative estimate of drug-likeness (QED) is 0.496. The van der Waals surface area contributed by atoms with E-state index in [9.17, 15) is 0 Å². The Balaban J connectivity index is 1.66. The molecule has 0 aromatic heterocycles. The summed E-state index contributed by atoms with van der Waals surface area (Å²) in [6, 6.07) is 5.80. The third-order valence-electron chi connectivity index (χ3n) is 5.05. The van der Waals surface area contributed by atoms with Gasteiger partial charge in [-0.2, -0.15) is 0 Å². The number of nitrogens with zero attached hydrogens (tertiary/aromatic N) is 2. The van der Waals surface area contributed by atoms with Crippen molar-refractivity contribution in [3.8, 4) is 5.75 Å². The summed E-state index contributed by atoms with van der Waals surface area (Å²) in [6.07, 6.45) is 3.27. The first kappa shape index (κ1) is 21.8. The Morgan fingerprint density at radius 2 is 2.04 bits per heavy atom. The van der Waals surface area contributed by atoms with Gasteiger partial charge in [-0.05, 0) is 56.0 Å². The summed E-state index contributed by atoms with van der Waals surface area (Å²) in [5, 5.41) is 7.57. The van der Waals surface area contributed by atoms with Gasteiger partial charge in [0, 0.05) is 38.8 Å².